The lowest BCUT2D eigenvalue weighted by Gasteiger charge is -2.26. The van der Waals surface area contributed by atoms with Crippen LogP contribution in [0.15, 0.2) is 11.4 Å². The highest BCUT2D eigenvalue weighted by molar-refractivity contribution is 7.16. The van der Waals surface area contributed by atoms with Crippen molar-refractivity contribution >= 4 is 33.6 Å². The van der Waals surface area contributed by atoms with Gasteiger partial charge in [-0.15, -0.1) is 22.7 Å². The summed E-state index contributed by atoms with van der Waals surface area (Å²) in [7, 11) is 0. The molecule has 0 saturated heterocycles. The Balaban J connectivity index is 1.73. The van der Waals surface area contributed by atoms with Gasteiger partial charge in [0.05, 0.1) is 5.56 Å². The molecule has 21 heavy (non-hydrogen) atoms. The molecule has 5 heteroatoms. The Bertz CT molecular complexity index is 716. The second-order valence-electron chi connectivity index (χ2n) is 6.07. The van der Waals surface area contributed by atoms with E-state index in [9.17, 15) is 4.79 Å². The first-order valence-corrected chi connectivity index (χ1v) is 9.09. The van der Waals surface area contributed by atoms with Gasteiger partial charge in [0.1, 0.15) is 11.2 Å². The molecule has 3 nitrogen and oxygen atoms in total. The van der Waals surface area contributed by atoms with Crippen molar-refractivity contribution in [2.75, 3.05) is 5.32 Å². The maximum Gasteiger partial charge on any atom is 0.256 e. The van der Waals surface area contributed by atoms with Crippen LogP contribution in [0.25, 0.3) is 0 Å². The first kappa shape index (κ1) is 13.3. The van der Waals surface area contributed by atoms with Crippen molar-refractivity contribution in [3.8, 4) is 0 Å². The first-order valence-electron chi connectivity index (χ1n) is 7.39. The van der Waals surface area contributed by atoms with Crippen LogP contribution >= 0.6 is 22.7 Å². The van der Waals surface area contributed by atoms with Crippen LogP contribution in [-0.4, -0.2) is 5.91 Å². The number of nitrogens with one attached hydrogen (secondary N) is 2. The van der Waals surface area contributed by atoms with E-state index in [4.69, 9.17) is 0 Å². The minimum Gasteiger partial charge on any atom is -0.352 e. The molecule has 1 aliphatic heterocycles. The van der Waals surface area contributed by atoms with Crippen molar-refractivity contribution in [2.24, 2.45) is 5.92 Å². The highest BCUT2D eigenvalue weighted by atomic mass is 32.1. The van der Waals surface area contributed by atoms with Gasteiger partial charge in [-0.05, 0) is 54.7 Å². The Hall–Kier alpha value is -1.33. The Kier molecular flexibility index (Phi) is 3.08. The number of anilines is 1. The van der Waals surface area contributed by atoms with E-state index in [2.05, 4.69) is 35.9 Å². The molecule has 2 aliphatic rings. The molecule has 2 aromatic rings. The van der Waals surface area contributed by atoms with Gasteiger partial charge in [-0.3, -0.25) is 4.79 Å². The number of carbonyl (C=O) groups excluding carboxylic acids is 1. The number of thiophene rings is 2. The predicted molar refractivity (Wildman–Crippen MR) is 88.4 cm³/mol. The fourth-order valence-electron chi connectivity index (χ4n) is 3.27. The normalized spacial score (nSPS) is 24.0. The maximum absolute atomic E-state index is 12.6. The van der Waals surface area contributed by atoms with E-state index in [0.29, 0.717) is 0 Å². The summed E-state index contributed by atoms with van der Waals surface area (Å²) in [6, 6.07) is 2.10. The van der Waals surface area contributed by atoms with Gasteiger partial charge in [0.2, 0.25) is 0 Å². The van der Waals surface area contributed by atoms with Gasteiger partial charge in [-0.2, -0.15) is 0 Å². The zero-order valence-corrected chi connectivity index (χ0v) is 13.8. The molecule has 0 fully saturated rings. The van der Waals surface area contributed by atoms with Gasteiger partial charge in [0.25, 0.3) is 5.91 Å². The van der Waals surface area contributed by atoms with Gasteiger partial charge in [0, 0.05) is 9.75 Å². The van der Waals surface area contributed by atoms with Crippen molar-refractivity contribution in [2.45, 2.75) is 39.3 Å². The molecule has 0 spiro atoms. The second kappa shape index (κ2) is 4.85. The van der Waals surface area contributed by atoms with Gasteiger partial charge >= 0.3 is 0 Å². The van der Waals surface area contributed by atoms with Crippen LogP contribution in [0.3, 0.4) is 0 Å². The fourth-order valence-corrected chi connectivity index (χ4v) is 5.64. The van der Waals surface area contributed by atoms with E-state index >= 15 is 0 Å². The van der Waals surface area contributed by atoms with Crippen molar-refractivity contribution in [1.29, 1.82) is 0 Å². The van der Waals surface area contributed by atoms with Crippen LogP contribution in [0.1, 0.15) is 50.7 Å². The average Bonchev–Trinajstić information content (AvgIpc) is 3.01. The van der Waals surface area contributed by atoms with Crippen LogP contribution in [0.4, 0.5) is 5.00 Å². The lowest BCUT2D eigenvalue weighted by molar-refractivity contribution is 0.0935. The highest BCUT2D eigenvalue weighted by Crippen LogP contribution is 2.43. The monoisotopic (exact) mass is 318 g/mol. The Labute approximate surface area is 132 Å². The minimum atomic E-state index is -0.0810. The Morgan fingerprint density at radius 3 is 2.95 bits per heavy atom. The Morgan fingerprint density at radius 1 is 1.33 bits per heavy atom. The van der Waals surface area contributed by atoms with E-state index in [1.165, 1.54) is 27.3 Å². The molecule has 4 rings (SSSR count). The third-order valence-corrected chi connectivity index (χ3v) is 6.72. The minimum absolute atomic E-state index is 0.0810. The second-order valence-corrected chi connectivity index (χ2v) is 8.13. The summed E-state index contributed by atoms with van der Waals surface area (Å²) in [5.41, 5.74) is 3.43. The summed E-state index contributed by atoms with van der Waals surface area (Å²) in [4.78, 5) is 15.2. The van der Waals surface area contributed by atoms with E-state index in [1.54, 1.807) is 22.7 Å². The number of carbonyl (C=O) groups is 1. The van der Waals surface area contributed by atoms with Crippen LogP contribution in [0.5, 0.6) is 0 Å². The molecule has 0 saturated carbocycles. The van der Waals surface area contributed by atoms with Crippen LogP contribution in [-0.2, 0) is 12.8 Å². The first-order chi connectivity index (χ1) is 10.1. The number of hydrogen-bond donors (Lipinski definition) is 2. The van der Waals surface area contributed by atoms with Crippen molar-refractivity contribution in [3.63, 3.8) is 0 Å². The molecule has 0 bridgehead atoms. The molecule has 1 amide bonds. The van der Waals surface area contributed by atoms with Gasteiger partial charge in [-0.1, -0.05) is 6.92 Å². The van der Waals surface area contributed by atoms with Crippen molar-refractivity contribution in [3.05, 3.63) is 37.9 Å². The molecule has 0 aromatic carbocycles. The van der Waals surface area contributed by atoms with E-state index in [0.717, 1.165) is 29.3 Å². The highest BCUT2D eigenvalue weighted by Gasteiger charge is 2.33. The van der Waals surface area contributed by atoms with Crippen LogP contribution < -0.4 is 10.6 Å². The largest absolute Gasteiger partial charge is 0.352 e. The summed E-state index contributed by atoms with van der Waals surface area (Å²) < 4.78 is 0. The molecular weight excluding hydrogens is 300 g/mol. The third kappa shape index (κ3) is 2.10. The zero-order chi connectivity index (χ0) is 14.6. The molecule has 2 N–H and O–H groups in total. The zero-order valence-electron chi connectivity index (χ0n) is 12.2. The smallest absolute Gasteiger partial charge is 0.256 e. The maximum atomic E-state index is 12.6. The molecule has 0 unspecified atom stereocenters. The lowest BCUT2D eigenvalue weighted by atomic mass is 9.88. The quantitative estimate of drug-likeness (QED) is 0.831. The van der Waals surface area contributed by atoms with Gasteiger partial charge in [0.15, 0.2) is 0 Å². The fraction of sp³-hybridized carbons (Fsp3) is 0.438. The topological polar surface area (TPSA) is 41.1 Å². The molecule has 3 heterocycles. The molecule has 2 aromatic heterocycles. The number of fused-ring (bicyclic) bond motifs is 3. The summed E-state index contributed by atoms with van der Waals surface area (Å²) in [6.45, 7) is 4.39. The Morgan fingerprint density at radius 2 is 2.19 bits per heavy atom. The summed E-state index contributed by atoms with van der Waals surface area (Å²) in [6.07, 6.45) is 3.27. The molecular formula is C16H18N2OS2. The van der Waals surface area contributed by atoms with Crippen LogP contribution in [0, 0.1) is 12.8 Å². The summed E-state index contributed by atoms with van der Waals surface area (Å²) in [5, 5.41) is 9.81. The van der Waals surface area contributed by atoms with Crippen molar-refractivity contribution < 1.29 is 4.79 Å². The van der Waals surface area contributed by atoms with Gasteiger partial charge < -0.3 is 10.6 Å². The van der Waals surface area contributed by atoms with E-state index in [1.807, 2.05) is 0 Å². The summed E-state index contributed by atoms with van der Waals surface area (Å²) >= 11 is 3.48. The SMILES string of the molecule is Cc1ccsc1[C@@H]1NC(=O)c2c(sc3c2CC[C@@H](C)C3)N1. The molecule has 2 atom stereocenters. The molecule has 1 aliphatic carbocycles. The summed E-state index contributed by atoms with van der Waals surface area (Å²) in [5.74, 6) is 0.824. The molecule has 110 valence electrons. The third-order valence-electron chi connectivity index (χ3n) is 4.45. The number of hydrogen-bond acceptors (Lipinski definition) is 4. The van der Waals surface area contributed by atoms with Crippen molar-refractivity contribution in [1.82, 2.24) is 5.32 Å². The predicted octanol–water partition coefficient (Wildman–Crippen LogP) is 4.10. The van der Waals surface area contributed by atoms with Crippen LogP contribution in [0.2, 0.25) is 0 Å². The number of rotatable bonds is 1. The van der Waals surface area contributed by atoms with E-state index in [-0.39, 0.29) is 12.1 Å². The van der Waals surface area contributed by atoms with E-state index < -0.39 is 0 Å². The van der Waals surface area contributed by atoms with Gasteiger partial charge in [-0.25, -0.2) is 0 Å². The molecule has 0 radical (unpaired) electrons. The standard InChI is InChI=1S/C16H18N2OS2/c1-8-3-4-10-11(7-8)21-16-12(10)15(19)17-14(18-16)13-9(2)5-6-20-13/h5-6,8,14,18H,3-4,7H2,1-2H3,(H,17,19)/t8-,14-/m1/s1. The average molecular weight is 318 g/mol. The number of amides is 1. The number of aryl methyl sites for hydroxylation is 1. The lowest BCUT2D eigenvalue weighted by Crippen LogP contribution is -2.38.